The maximum Gasteiger partial charge on any atom is 0.137 e. The van der Waals surface area contributed by atoms with Crippen molar-refractivity contribution in [2.45, 2.75) is 57.2 Å². The summed E-state index contributed by atoms with van der Waals surface area (Å²) in [5.41, 5.74) is 3.10. The van der Waals surface area contributed by atoms with Crippen molar-refractivity contribution in [2.24, 2.45) is 5.41 Å². The lowest BCUT2D eigenvalue weighted by Crippen LogP contribution is -2.45. The summed E-state index contributed by atoms with van der Waals surface area (Å²) in [5.74, 6) is -0.617. The number of rotatable bonds is 8. The molecule has 4 aromatic rings. The summed E-state index contributed by atoms with van der Waals surface area (Å²) in [7, 11) is 0. The van der Waals surface area contributed by atoms with Crippen molar-refractivity contribution >= 4 is 5.69 Å². The fourth-order valence-electron chi connectivity index (χ4n) is 6.75. The van der Waals surface area contributed by atoms with Gasteiger partial charge < -0.3 is 10.4 Å². The Labute approximate surface area is 240 Å². The van der Waals surface area contributed by atoms with Crippen LogP contribution in [0.1, 0.15) is 43.2 Å². The highest BCUT2D eigenvalue weighted by Crippen LogP contribution is 2.45. The van der Waals surface area contributed by atoms with Crippen molar-refractivity contribution < 1.29 is 13.9 Å². The first-order valence-electron chi connectivity index (χ1n) is 14.5. The van der Waals surface area contributed by atoms with Crippen molar-refractivity contribution in [3.05, 3.63) is 102 Å². The fraction of sp³-hybridized carbons (Fsp3) is 0.394. The van der Waals surface area contributed by atoms with E-state index in [9.17, 15) is 9.50 Å². The number of benzene rings is 3. The van der Waals surface area contributed by atoms with E-state index in [1.807, 2.05) is 13.0 Å². The van der Waals surface area contributed by atoms with Crippen LogP contribution in [0.4, 0.5) is 14.5 Å². The van der Waals surface area contributed by atoms with E-state index < -0.39 is 5.60 Å². The van der Waals surface area contributed by atoms with Crippen LogP contribution >= 0.6 is 0 Å². The number of aromatic nitrogens is 3. The van der Waals surface area contributed by atoms with Crippen LogP contribution in [0.5, 0.6) is 0 Å². The zero-order valence-electron chi connectivity index (χ0n) is 23.4. The minimum absolute atomic E-state index is 0.141. The first-order chi connectivity index (χ1) is 19.8. The van der Waals surface area contributed by atoms with E-state index in [0.29, 0.717) is 18.2 Å². The molecular weight excluding hydrogens is 520 g/mol. The van der Waals surface area contributed by atoms with Crippen LogP contribution in [0.25, 0.3) is 11.1 Å². The van der Waals surface area contributed by atoms with Crippen molar-refractivity contribution in [1.29, 1.82) is 0 Å². The van der Waals surface area contributed by atoms with Crippen molar-refractivity contribution in [3.8, 4) is 11.1 Å². The molecular formula is C33H37F2N5O. The molecule has 1 aromatic heterocycles. The van der Waals surface area contributed by atoms with Gasteiger partial charge >= 0.3 is 0 Å². The van der Waals surface area contributed by atoms with E-state index in [4.69, 9.17) is 0 Å². The highest BCUT2D eigenvalue weighted by molar-refractivity contribution is 5.66. The van der Waals surface area contributed by atoms with Gasteiger partial charge in [0, 0.05) is 30.4 Å². The maximum atomic E-state index is 15.1. The molecule has 0 amide bonds. The van der Waals surface area contributed by atoms with Gasteiger partial charge in [-0.05, 0) is 98.0 Å². The van der Waals surface area contributed by atoms with E-state index in [0.717, 1.165) is 67.6 Å². The van der Waals surface area contributed by atoms with E-state index in [1.165, 1.54) is 24.5 Å². The Morgan fingerprint density at radius 1 is 0.951 bits per heavy atom. The Balaban J connectivity index is 1.07. The third kappa shape index (κ3) is 6.19. The van der Waals surface area contributed by atoms with Gasteiger partial charge in [-0.1, -0.05) is 36.4 Å². The molecule has 2 N–H and O–H groups in total. The maximum absolute atomic E-state index is 15.1. The molecule has 2 aliphatic rings. The number of likely N-dealkylation sites (tertiary alicyclic amines) is 1. The van der Waals surface area contributed by atoms with Crippen LogP contribution in [-0.2, 0) is 12.1 Å². The van der Waals surface area contributed by atoms with E-state index in [2.05, 4.69) is 44.6 Å². The number of aliphatic hydroxyl groups is 1. The predicted molar refractivity (Wildman–Crippen MR) is 156 cm³/mol. The van der Waals surface area contributed by atoms with Crippen molar-refractivity contribution in [3.63, 3.8) is 0 Å². The molecule has 6 nitrogen and oxygen atoms in total. The number of β-amino-alcohol motifs (C(OH)–C–C–N with tert-alkyl or cyclic N) is 1. The summed E-state index contributed by atoms with van der Waals surface area (Å²) < 4.78 is 29.9. The first-order valence-corrected chi connectivity index (χ1v) is 14.5. The second-order valence-corrected chi connectivity index (χ2v) is 12.1. The molecule has 1 aliphatic carbocycles. The van der Waals surface area contributed by atoms with Gasteiger partial charge in [0.25, 0.3) is 0 Å². The minimum Gasteiger partial charge on any atom is -0.382 e. The second kappa shape index (κ2) is 11.3. The van der Waals surface area contributed by atoms with Crippen LogP contribution in [0.3, 0.4) is 0 Å². The topological polar surface area (TPSA) is 66.2 Å². The molecule has 0 bridgehead atoms. The second-order valence-electron chi connectivity index (χ2n) is 12.1. The Morgan fingerprint density at radius 2 is 1.66 bits per heavy atom. The molecule has 41 heavy (non-hydrogen) atoms. The number of nitrogens with one attached hydrogen (secondary N) is 1. The fourth-order valence-corrected chi connectivity index (χ4v) is 6.75. The number of nitrogens with zero attached hydrogens (tertiary/aromatic N) is 4. The first kappa shape index (κ1) is 27.5. The predicted octanol–water partition coefficient (Wildman–Crippen LogP) is 6.17. The Bertz CT molecular complexity index is 1450. The SMILES string of the molecule is Cc1ccc(C(O)(CN2CCC3(CCC(Nc4ccc(-c5ccc(F)cc5)cc4)CC3)C2)Cn2cncn2)c(F)c1. The third-order valence-corrected chi connectivity index (χ3v) is 9.00. The Hall–Kier alpha value is -3.62. The normalized spacial score (nSPS) is 22.6. The molecule has 1 saturated heterocycles. The lowest BCUT2D eigenvalue weighted by molar-refractivity contribution is -0.0195. The lowest BCUT2D eigenvalue weighted by Gasteiger charge is -2.39. The number of hydrogen-bond donors (Lipinski definition) is 2. The van der Waals surface area contributed by atoms with Gasteiger partial charge in [0.2, 0.25) is 0 Å². The molecule has 2 fully saturated rings. The zero-order valence-corrected chi connectivity index (χ0v) is 23.4. The summed E-state index contributed by atoms with van der Waals surface area (Å²) in [6, 6.07) is 20.4. The molecule has 0 radical (unpaired) electrons. The molecule has 6 rings (SSSR count). The summed E-state index contributed by atoms with van der Waals surface area (Å²) >= 11 is 0. The standard InChI is InChI=1S/C33H37F2N5O/c1-24-2-11-30(31(35)18-24)33(41,21-40-23-36-22-37-40)20-39-17-16-32(19-39)14-12-29(13-15-32)38-28-9-5-26(6-10-28)25-3-7-27(34)8-4-25/h2-11,18,22-23,29,38,41H,12-17,19-21H2,1H3. The van der Waals surface area contributed by atoms with Gasteiger partial charge in [0.1, 0.15) is 29.9 Å². The lowest BCUT2D eigenvalue weighted by atomic mass is 9.72. The van der Waals surface area contributed by atoms with Crippen LogP contribution in [0.15, 0.2) is 79.4 Å². The van der Waals surface area contributed by atoms with Gasteiger partial charge in [-0.15, -0.1) is 0 Å². The minimum atomic E-state index is -1.42. The molecule has 1 unspecified atom stereocenters. The summed E-state index contributed by atoms with van der Waals surface area (Å²) in [4.78, 5) is 6.31. The Morgan fingerprint density at radius 3 is 2.32 bits per heavy atom. The highest BCUT2D eigenvalue weighted by Gasteiger charge is 2.44. The molecule has 3 aromatic carbocycles. The number of anilines is 1. The average molecular weight is 558 g/mol. The number of hydrogen-bond acceptors (Lipinski definition) is 5. The molecule has 2 heterocycles. The summed E-state index contributed by atoms with van der Waals surface area (Å²) in [6.45, 7) is 4.12. The monoisotopic (exact) mass is 557 g/mol. The summed E-state index contributed by atoms with van der Waals surface area (Å²) in [6.07, 6.45) is 8.50. The van der Waals surface area contributed by atoms with Gasteiger partial charge in [-0.25, -0.2) is 18.4 Å². The van der Waals surface area contributed by atoms with Crippen molar-refractivity contribution in [2.75, 3.05) is 25.0 Å². The van der Waals surface area contributed by atoms with Crippen LogP contribution in [0, 0.1) is 24.0 Å². The quantitative estimate of drug-likeness (QED) is 0.271. The van der Waals surface area contributed by atoms with Crippen LogP contribution in [-0.4, -0.2) is 50.4 Å². The molecule has 1 aliphatic heterocycles. The molecule has 1 spiro atoms. The van der Waals surface area contributed by atoms with Crippen LogP contribution < -0.4 is 5.32 Å². The van der Waals surface area contributed by atoms with Crippen LogP contribution in [0.2, 0.25) is 0 Å². The van der Waals surface area contributed by atoms with Crippen molar-refractivity contribution in [1.82, 2.24) is 19.7 Å². The molecule has 1 atom stereocenters. The van der Waals surface area contributed by atoms with Gasteiger partial charge in [0.05, 0.1) is 6.54 Å². The van der Waals surface area contributed by atoms with Gasteiger partial charge in [-0.3, -0.25) is 4.90 Å². The molecule has 214 valence electrons. The number of aryl methyl sites for hydroxylation is 1. The van der Waals surface area contributed by atoms with E-state index in [-0.39, 0.29) is 23.6 Å². The third-order valence-electron chi connectivity index (χ3n) is 9.00. The van der Waals surface area contributed by atoms with E-state index in [1.54, 1.807) is 29.2 Å². The molecule has 8 heteroatoms. The molecule has 1 saturated carbocycles. The smallest absolute Gasteiger partial charge is 0.137 e. The van der Waals surface area contributed by atoms with Gasteiger partial charge in [0.15, 0.2) is 0 Å². The number of halogens is 2. The summed E-state index contributed by atoms with van der Waals surface area (Å²) in [5, 5.41) is 19.8. The van der Waals surface area contributed by atoms with E-state index >= 15 is 4.39 Å². The highest BCUT2D eigenvalue weighted by atomic mass is 19.1. The Kier molecular flexibility index (Phi) is 7.62. The largest absolute Gasteiger partial charge is 0.382 e. The average Bonchev–Trinajstić information content (AvgIpc) is 3.61. The van der Waals surface area contributed by atoms with Gasteiger partial charge in [-0.2, -0.15) is 5.10 Å². The zero-order chi connectivity index (χ0) is 28.5.